The molecule has 4 aromatic rings. The van der Waals surface area contributed by atoms with Gasteiger partial charge in [0.15, 0.2) is 5.82 Å². The third-order valence-corrected chi connectivity index (χ3v) is 4.91. The number of fused-ring (bicyclic) bond motifs is 1. The highest BCUT2D eigenvalue weighted by molar-refractivity contribution is 7.15. The highest BCUT2D eigenvalue weighted by Gasteiger charge is 2.09. The van der Waals surface area contributed by atoms with Gasteiger partial charge in [0.25, 0.3) is 5.56 Å². The van der Waals surface area contributed by atoms with Crippen LogP contribution in [0.25, 0.3) is 23.2 Å². The normalized spacial score (nSPS) is 12.1. The summed E-state index contributed by atoms with van der Waals surface area (Å²) in [6.07, 6.45) is 7.24. The van der Waals surface area contributed by atoms with Gasteiger partial charge in [0, 0.05) is 0 Å². The predicted molar refractivity (Wildman–Crippen MR) is 113 cm³/mol. The molecule has 0 amide bonds. The van der Waals surface area contributed by atoms with Crippen molar-refractivity contribution in [1.29, 1.82) is 0 Å². The van der Waals surface area contributed by atoms with Crippen LogP contribution in [0.4, 0.5) is 0 Å². The van der Waals surface area contributed by atoms with Crippen molar-refractivity contribution in [1.82, 2.24) is 14.6 Å². The number of ether oxygens (including phenoxy) is 1. The lowest BCUT2D eigenvalue weighted by Crippen LogP contribution is -2.23. The number of hydrogen-bond acceptors (Lipinski definition) is 5. The zero-order chi connectivity index (χ0) is 19.3. The van der Waals surface area contributed by atoms with Crippen LogP contribution in [0.5, 0.6) is 5.75 Å². The van der Waals surface area contributed by atoms with Gasteiger partial charge < -0.3 is 4.74 Å². The molecule has 0 aliphatic carbocycles. The summed E-state index contributed by atoms with van der Waals surface area (Å²) in [5.74, 6) is 1.24. The number of aromatic nitrogens is 3. The highest BCUT2D eigenvalue weighted by atomic mass is 32.1. The largest absolute Gasteiger partial charge is 0.490 e. The van der Waals surface area contributed by atoms with E-state index in [0.29, 0.717) is 21.9 Å². The molecule has 0 radical (unpaired) electrons. The first-order chi connectivity index (χ1) is 13.7. The summed E-state index contributed by atoms with van der Waals surface area (Å²) in [5.41, 5.74) is 1.76. The summed E-state index contributed by atoms with van der Waals surface area (Å²) in [7, 11) is 0. The Labute approximate surface area is 165 Å². The molecule has 2 aromatic heterocycles. The van der Waals surface area contributed by atoms with Crippen molar-refractivity contribution in [3.05, 3.63) is 99.1 Å². The number of nitrogens with zero attached hydrogens (tertiary/aromatic N) is 3. The zero-order valence-electron chi connectivity index (χ0n) is 15.0. The fourth-order valence-corrected chi connectivity index (χ4v) is 3.57. The first-order valence-corrected chi connectivity index (χ1v) is 9.53. The molecule has 0 atom stereocenters. The molecule has 0 saturated carbocycles. The van der Waals surface area contributed by atoms with Gasteiger partial charge in [-0.2, -0.15) is 9.50 Å². The summed E-state index contributed by atoms with van der Waals surface area (Å²) >= 11 is 1.32. The standard InChI is InChI=1S/C22H17N3O2S/c1-2-13-27-18-10-6-9-17(14-18)15-19-21(26)25-22(28-19)23-20(24-25)12-11-16-7-4-3-5-8-16/h2-12,14-15H,1,13H2. The van der Waals surface area contributed by atoms with Crippen molar-refractivity contribution in [2.24, 2.45) is 0 Å². The molecule has 6 heteroatoms. The van der Waals surface area contributed by atoms with E-state index in [2.05, 4.69) is 16.7 Å². The van der Waals surface area contributed by atoms with Crippen LogP contribution in [0.1, 0.15) is 17.0 Å². The monoisotopic (exact) mass is 387 g/mol. The van der Waals surface area contributed by atoms with Gasteiger partial charge in [-0.25, -0.2) is 0 Å². The van der Waals surface area contributed by atoms with Crippen LogP contribution in [0.15, 0.2) is 72.0 Å². The van der Waals surface area contributed by atoms with E-state index in [9.17, 15) is 4.79 Å². The molecule has 0 spiro atoms. The van der Waals surface area contributed by atoms with E-state index in [1.807, 2.05) is 66.7 Å². The summed E-state index contributed by atoms with van der Waals surface area (Å²) < 4.78 is 7.46. The van der Waals surface area contributed by atoms with Crippen LogP contribution in [-0.4, -0.2) is 21.2 Å². The summed E-state index contributed by atoms with van der Waals surface area (Å²) in [4.78, 5) is 17.7. The maximum absolute atomic E-state index is 12.6. The van der Waals surface area contributed by atoms with Crippen molar-refractivity contribution >= 4 is 34.5 Å². The Kier molecular flexibility index (Phi) is 5.12. The minimum atomic E-state index is -0.177. The molecular weight excluding hydrogens is 370 g/mol. The van der Waals surface area contributed by atoms with E-state index >= 15 is 0 Å². The van der Waals surface area contributed by atoms with Crippen LogP contribution >= 0.6 is 11.3 Å². The summed E-state index contributed by atoms with van der Waals surface area (Å²) in [6, 6.07) is 17.4. The Morgan fingerprint density at radius 2 is 1.89 bits per heavy atom. The second-order valence-corrected chi connectivity index (χ2v) is 7.01. The van der Waals surface area contributed by atoms with Gasteiger partial charge in [0.1, 0.15) is 12.4 Å². The maximum Gasteiger partial charge on any atom is 0.291 e. The van der Waals surface area contributed by atoms with Crippen molar-refractivity contribution in [2.75, 3.05) is 6.61 Å². The smallest absolute Gasteiger partial charge is 0.291 e. The van der Waals surface area contributed by atoms with Crippen LogP contribution < -0.4 is 14.8 Å². The number of rotatable bonds is 6. The molecule has 5 nitrogen and oxygen atoms in total. The molecular formula is C22H17N3O2S. The van der Waals surface area contributed by atoms with E-state index < -0.39 is 0 Å². The fraction of sp³-hybridized carbons (Fsp3) is 0.0455. The SMILES string of the molecule is C=CCOc1cccc(C=c2sc3nc(C=Cc4ccccc4)nn3c2=O)c1. The molecule has 0 unspecified atom stereocenters. The Hall–Kier alpha value is -3.51. The van der Waals surface area contributed by atoms with E-state index in [-0.39, 0.29) is 5.56 Å². The van der Waals surface area contributed by atoms with Crippen molar-refractivity contribution in [3.8, 4) is 5.75 Å². The maximum atomic E-state index is 12.6. The van der Waals surface area contributed by atoms with Crippen LogP contribution in [-0.2, 0) is 0 Å². The first-order valence-electron chi connectivity index (χ1n) is 8.71. The van der Waals surface area contributed by atoms with Gasteiger partial charge in [-0.3, -0.25) is 4.79 Å². The topological polar surface area (TPSA) is 56.5 Å². The minimum Gasteiger partial charge on any atom is -0.490 e. The molecule has 0 N–H and O–H groups in total. The summed E-state index contributed by atoms with van der Waals surface area (Å²) in [6.45, 7) is 4.08. The second-order valence-electron chi connectivity index (χ2n) is 6.00. The van der Waals surface area contributed by atoms with Gasteiger partial charge in [0.2, 0.25) is 4.96 Å². The quantitative estimate of drug-likeness (QED) is 0.476. The highest BCUT2D eigenvalue weighted by Crippen LogP contribution is 2.14. The van der Waals surface area contributed by atoms with Crippen LogP contribution in [0, 0.1) is 0 Å². The lowest BCUT2D eigenvalue weighted by molar-refractivity contribution is 0.363. The van der Waals surface area contributed by atoms with Crippen molar-refractivity contribution in [2.45, 2.75) is 0 Å². The average Bonchev–Trinajstić information content (AvgIpc) is 3.25. The number of hydrogen-bond donors (Lipinski definition) is 0. The molecule has 138 valence electrons. The molecule has 0 fully saturated rings. The lowest BCUT2D eigenvalue weighted by Gasteiger charge is -2.03. The molecule has 2 heterocycles. The molecule has 0 aliphatic heterocycles. The Morgan fingerprint density at radius 3 is 2.68 bits per heavy atom. The molecule has 28 heavy (non-hydrogen) atoms. The van der Waals surface area contributed by atoms with Gasteiger partial charge in [0.05, 0.1) is 4.53 Å². The first kappa shape index (κ1) is 17.9. The fourth-order valence-electron chi connectivity index (χ4n) is 2.66. The van der Waals surface area contributed by atoms with E-state index in [0.717, 1.165) is 16.9 Å². The molecule has 0 bridgehead atoms. The van der Waals surface area contributed by atoms with Gasteiger partial charge in [-0.15, -0.1) is 5.10 Å². The van der Waals surface area contributed by atoms with E-state index in [4.69, 9.17) is 4.74 Å². The van der Waals surface area contributed by atoms with Crippen LogP contribution in [0.3, 0.4) is 0 Å². The van der Waals surface area contributed by atoms with Crippen molar-refractivity contribution < 1.29 is 4.74 Å². The number of benzene rings is 2. The molecule has 0 saturated heterocycles. The van der Waals surface area contributed by atoms with E-state index in [1.54, 1.807) is 12.2 Å². The Morgan fingerprint density at radius 1 is 1.07 bits per heavy atom. The van der Waals surface area contributed by atoms with Gasteiger partial charge in [-0.1, -0.05) is 72.5 Å². The molecule has 0 aliphatic rings. The molecule has 4 rings (SSSR count). The zero-order valence-corrected chi connectivity index (χ0v) is 15.8. The Balaban J connectivity index is 1.63. The predicted octanol–water partition coefficient (Wildman–Crippen LogP) is 3.43. The van der Waals surface area contributed by atoms with Gasteiger partial charge in [-0.05, 0) is 35.4 Å². The van der Waals surface area contributed by atoms with E-state index in [1.165, 1.54) is 15.9 Å². The third-order valence-electron chi connectivity index (χ3n) is 3.95. The Bertz CT molecular complexity index is 1260. The third kappa shape index (κ3) is 3.92. The summed E-state index contributed by atoms with van der Waals surface area (Å²) in [5, 5.41) is 4.31. The van der Waals surface area contributed by atoms with Crippen LogP contribution in [0.2, 0.25) is 0 Å². The minimum absolute atomic E-state index is 0.177. The lowest BCUT2D eigenvalue weighted by atomic mass is 10.2. The molecule has 2 aromatic carbocycles. The van der Waals surface area contributed by atoms with Crippen molar-refractivity contribution in [3.63, 3.8) is 0 Å². The average molecular weight is 387 g/mol. The number of thiazole rings is 1. The van der Waals surface area contributed by atoms with Gasteiger partial charge >= 0.3 is 0 Å². The second kappa shape index (κ2) is 8.02.